The molecule has 0 amide bonds. The van der Waals surface area contributed by atoms with E-state index in [0.717, 1.165) is 42.0 Å². The highest BCUT2D eigenvalue weighted by Gasteiger charge is 2.37. The minimum Gasteiger partial charge on any atom is -0.462 e. The highest BCUT2D eigenvalue weighted by molar-refractivity contribution is 7.97. The Labute approximate surface area is 215 Å². The Morgan fingerprint density at radius 1 is 1.11 bits per heavy atom. The lowest BCUT2D eigenvalue weighted by Crippen LogP contribution is -2.29. The average molecular weight is 499 g/mol. The van der Waals surface area contributed by atoms with E-state index in [2.05, 4.69) is 42.4 Å². The number of carbonyl (C=O) groups excluding carboxylic acids is 2. The van der Waals surface area contributed by atoms with Gasteiger partial charge in [0.15, 0.2) is 5.78 Å². The maximum absolute atomic E-state index is 13.4. The molecule has 35 heavy (non-hydrogen) atoms. The van der Waals surface area contributed by atoms with Crippen LogP contribution in [0.1, 0.15) is 93.7 Å². The quantitative estimate of drug-likeness (QED) is 0.317. The number of ether oxygens (including phenoxy) is 1. The van der Waals surface area contributed by atoms with Crippen LogP contribution in [0.15, 0.2) is 29.2 Å². The topological polar surface area (TPSA) is 51.5 Å². The third-order valence-electron chi connectivity index (χ3n) is 6.61. The van der Waals surface area contributed by atoms with Crippen LogP contribution in [0, 0.1) is 12.3 Å². The van der Waals surface area contributed by atoms with Gasteiger partial charge in [0, 0.05) is 47.8 Å². The van der Waals surface area contributed by atoms with Crippen LogP contribution in [0.3, 0.4) is 0 Å². The van der Waals surface area contributed by atoms with E-state index in [0.29, 0.717) is 12.8 Å². The molecular formula is C29H42N2O3S. The van der Waals surface area contributed by atoms with Gasteiger partial charge in [-0.3, -0.25) is 9.59 Å². The molecule has 0 radical (unpaired) electrons. The van der Waals surface area contributed by atoms with Crippen LogP contribution >= 0.6 is 11.9 Å². The maximum atomic E-state index is 13.4. The lowest BCUT2D eigenvalue weighted by atomic mass is 9.75. The van der Waals surface area contributed by atoms with Crippen molar-refractivity contribution in [1.29, 1.82) is 0 Å². The molecule has 2 aromatic rings. The smallest absolute Gasteiger partial charge is 0.326 e. The van der Waals surface area contributed by atoms with Crippen molar-refractivity contribution < 1.29 is 14.3 Å². The van der Waals surface area contributed by atoms with Crippen molar-refractivity contribution in [2.75, 3.05) is 13.1 Å². The van der Waals surface area contributed by atoms with Gasteiger partial charge >= 0.3 is 5.97 Å². The third kappa shape index (κ3) is 6.59. The molecule has 0 N–H and O–H groups in total. The fourth-order valence-corrected chi connectivity index (χ4v) is 6.23. The van der Waals surface area contributed by atoms with E-state index in [4.69, 9.17) is 4.74 Å². The van der Waals surface area contributed by atoms with Crippen molar-refractivity contribution >= 4 is 23.7 Å². The van der Waals surface area contributed by atoms with Crippen molar-refractivity contribution in [2.45, 2.75) is 98.1 Å². The SMILES string of the molecule is CC.Cc1c(Cc2ccccc2SN2CCCC2)c2c(n1CC(=O)OC(C)C)CC(C)(C)CC2=O. The minimum atomic E-state index is -0.252. The first-order valence-electron chi connectivity index (χ1n) is 13.1. The zero-order chi connectivity index (χ0) is 25.8. The lowest BCUT2D eigenvalue weighted by molar-refractivity contribution is -0.148. The van der Waals surface area contributed by atoms with Gasteiger partial charge in [-0.2, -0.15) is 0 Å². The third-order valence-corrected chi connectivity index (χ3v) is 7.83. The summed E-state index contributed by atoms with van der Waals surface area (Å²) < 4.78 is 9.92. The van der Waals surface area contributed by atoms with Crippen LogP contribution in [-0.4, -0.2) is 39.8 Å². The molecule has 2 heterocycles. The molecule has 5 nitrogen and oxygen atoms in total. The van der Waals surface area contributed by atoms with Crippen LogP contribution in [0.25, 0.3) is 0 Å². The first-order chi connectivity index (χ1) is 16.6. The molecule has 0 bridgehead atoms. The van der Waals surface area contributed by atoms with Crippen LogP contribution < -0.4 is 0 Å². The lowest BCUT2D eigenvalue weighted by Gasteiger charge is -2.30. The number of esters is 1. The zero-order valence-electron chi connectivity index (χ0n) is 22.6. The van der Waals surface area contributed by atoms with E-state index in [-0.39, 0.29) is 29.8 Å². The molecule has 6 heteroatoms. The summed E-state index contributed by atoms with van der Waals surface area (Å²) in [5, 5.41) is 0. The van der Waals surface area contributed by atoms with Crippen molar-refractivity contribution in [3.05, 3.63) is 52.3 Å². The molecule has 1 saturated heterocycles. The van der Waals surface area contributed by atoms with Crippen LogP contribution in [-0.2, 0) is 28.9 Å². The number of rotatable bonds is 7. The molecule has 192 valence electrons. The predicted octanol–water partition coefficient (Wildman–Crippen LogP) is 6.62. The monoisotopic (exact) mass is 498 g/mol. The Kier molecular flexibility index (Phi) is 9.28. The van der Waals surface area contributed by atoms with E-state index in [1.807, 2.05) is 51.1 Å². The van der Waals surface area contributed by atoms with Crippen molar-refractivity contribution in [2.24, 2.45) is 5.41 Å². The van der Waals surface area contributed by atoms with Crippen molar-refractivity contribution in [3.63, 3.8) is 0 Å². The normalized spacial score (nSPS) is 17.2. The Morgan fingerprint density at radius 2 is 1.77 bits per heavy atom. The fraction of sp³-hybridized carbons (Fsp3) is 0.586. The molecule has 4 rings (SSSR count). The second-order valence-electron chi connectivity index (χ2n) is 10.5. The molecule has 2 aliphatic rings. The standard InChI is InChI=1S/C27H36N2O3S.C2H6/c1-18(2)32-25(31)17-29-19(3)21(26-22(29)15-27(4,5)16-23(26)30)14-20-10-6-7-11-24(20)33-28-12-8-9-13-28;1-2/h6-7,10-11,18H,8-9,12-17H2,1-5H3;1-2H3. The Bertz CT molecular complexity index is 1050. The molecule has 1 aliphatic carbocycles. The number of aromatic nitrogens is 1. The highest BCUT2D eigenvalue weighted by Crippen LogP contribution is 2.40. The van der Waals surface area contributed by atoms with Gasteiger partial charge in [0.05, 0.1) is 6.10 Å². The Balaban J connectivity index is 0.00000167. The Hall–Kier alpha value is -2.05. The molecular weight excluding hydrogens is 456 g/mol. The summed E-state index contributed by atoms with van der Waals surface area (Å²) in [5.74, 6) is -0.0572. The summed E-state index contributed by atoms with van der Waals surface area (Å²) in [4.78, 5) is 27.2. The zero-order valence-corrected chi connectivity index (χ0v) is 23.4. The van der Waals surface area contributed by atoms with E-state index in [1.54, 1.807) is 0 Å². The molecule has 0 saturated carbocycles. The molecule has 1 fully saturated rings. The minimum absolute atomic E-state index is 0.116. The van der Waals surface area contributed by atoms with Gasteiger partial charge in [-0.25, -0.2) is 4.31 Å². The number of carbonyl (C=O) groups is 2. The van der Waals surface area contributed by atoms with Gasteiger partial charge in [-0.15, -0.1) is 0 Å². The number of benzene rings is 1. The molecule has 0 atom stereocenters. The molecule has 1 aromatic heterocycles. The summed E-state index contributed by atoms with van der Waals surface area (Å²) in [7, 11) is 0. The number of hydrogen-bond donors (Lipinski definition) is 0. The number of nitrogens with zero attached hydrogens (tertiary/aromatic N) is 2. The van der Waals surface area contributed by atoms with Gasteiger partial charge < -0.3 is 9.30 Å². The predicted molar refractivity (Wildman–Crippen MR) is 144 cm³/mol. The van der Waals surface area contributed by atoms with Gasteiger partial charge in [-0.05, 0) is 74.6 Å². The maximum Gasteiger partial charge on any atom is 0.326 e. The Morgan fingerprint density at radius 3 is 2.43 bits per heavy atom. The number of hydrogen-bond acceptors (Lipinski definition) is 5. The van der Waals surface area contributed by atoms with Crippen molar-refractivity contribution in [3.8, 4) is 0 Å². The second-order valence-corrected chi connectivity index (χ2v) is 11.6. The number of Topliss-reactive ketones (excluding diaryl/α,β-unsaturated/α-hetero) is 1. The summed E-state index contributed by atoms with van der Waals surface area (Å²) in [6.45, 7) is 16.4. The van der Waals surface area contributed by atoms with E-state index < -0.39 is 0 Å². The molecule has 0 unspecified atom stereocenters. The summed E-state index contributed by atoms with van der Waals surface area (Å²) in [6.07, 6.45) is 4.37. The van der Waals surface area contributed by atoms with Gasteiger partial charge in [0.2, 0.25) is 0 Å². The first-order valence-corrected chi connectivity index (χ1v) is 13.9. The van der Waals surface area contributed by atoms with E-state index in [9.17, 15) is 9.59 Å². The number of fused-ring (bicyclic) bond motifs is 1. The molecule has 0 spiro atoms. The van der Waals surface area contributed by atoms with Crippen LogP contribution in [0.5, 0.6) is 0 Å². The summed E-state index contributed by atoms with van der Waals surface area (Å²) in [5.41, 5.74) is 5.03. The van der Waals surface area contributed by atoms with Gasteiger partial charge in [0.1, 0.15) is 6.54 Å². The van der Waals surface area contributed by atoms with Gasteiger partial charge in [0.25, 0.3) is 0 Å². The summed E-state index contributed by atoms with van der Waals surface area (Å²) >= 11 is 1.83. The van der Waals surface area contributed by atoms with Crippen molar-refractivity contribution in [1.82, 2.24) is 8.87 Å². The first kappa shape index (κ1) is 27.5. The summed E-state index contributed by atoms with van der Waals surface area (Å²) in [6, 6.07) is 8.52. The number of ketones is 1. The second kappa shape index (κ2) is 11.8. The largest absolute Gasteiger partial charge is 0.462 e. The molecule has 1 aromatic carbocycles. The van der Waals surface area contributed by atoms with E-state index in [1.165, 1.54) is 23.3 Å². The van der Waals surface area contributed by atoms with Crippen LogP contribution in [0.4, 0.5) is 0 Å². The fourth-order valence-electron chi connectivity index (χ4n) is 5.11. The van der Waals surface area contributed by atoms with E-state index >= 15 is 0 Å². The highest BCUT2D eigenvalue weighted by atomic mass is 32.2. The average Bonchev–Trinajstić information content (AvgIpc) is 3.38. The molecule has 1 aliphatic heterocycles. The van der Waals surface area contributed by atoms with Crippen LogP contribution in [0.2, 0.25) is 0 Å². The van der Waals surface area contributed by atoms with Gasteiger partial charge in [-0.1, -0.05) is 45.9 Å².